The van der Waals surface area contributed by atoms with E-state index in [-0.39, 0.29) is 11.3 Å². The molecule has 2 heterocycles. The number of carbonyl (C=O) groups excluding carboxylic acids is 2. The molecule has 3 N–H and O–H groups in total. The number of aromatic amines is 1. The predicted molar refractivity (Wildman–Crippen MR) is 79.1 cm³/mol. The summed E-state index contributed by atoms with van der Waals surface area (Å²) in [4.78, 5) is 37.9. The van der Waals surface area contributed by atoms with Crippen LogP contribution in [0.3, 0.4) is 0 Å². The molecule has 0 fully saturated rings. The first-order valence-corrected chi connectivity index (χ1v) is 6.94. The van der Waals surface area contributed by atoms with Crippen molar-refractivity contribution in [2.24, 2.45) is 0 Å². The molecule has 0 unspecified atom stereocenters. The standard InChI is InChI=1S/C14H17N5O3/c1-2-3-9-19-12(20)7-6-11(18-19)14(22)17-16-13(21)10-5-4-8-15-10/h4-8,15H,2-3,9H2,1H3,(H,16,21)(H,17,22). The molecule has 0 aliphatic heterocycles. The van der Waals surface area contributed by atoms with Gasteiger partial charge in [0.1, 0.15) is 5.69 Å². The number of unbranched alkanes of at least 4 members (excludes halogenated alkanes) is 1. The van der Waals surface area contributed by atoms with E-state index in [4.69, 9.17) is 0 Å². The summed E-state index contributed by atoms with van der Waals surface area (Å²) in [5.74, 6) is -1.07. The van der Waals surface area contributed by atoms with E-state index in [1.54, 1.807) is 18.3 Å². The van der Waals surface area contributed by atoms with Gasteiger partial charge in [0.2, 0.25) is 0 Å². The van der Waals surface area contributed by atoms with Gasteiger partial charge in [0.15, 0.2) is 5.69 Å². The van der Waals surface area contributed by atoms with Gasteiger partial charge >= 0.3 is 0 Å². The highest BCUT2D eigenvalue weighted by molar-refractivity contribution is 5.97. The molecule has 0 atom stereocenters. The number of hydrazine groups is 1. The molecule has 0 aliphatic carbocycles. The Hall–Kier alpha value is -2.90. The maximum absolute atomic E-state index is 11.9. The van der Waals surface area contributed by atoms with Crippen LogP contribution in [0.2, 0.25) is 0 Å². The van der Waals surface area contributed by atoms with Gasteiger partial charge < -0.3 is 4.98 Å². The normalized spacial score (nSPS) is 10.2. The number of amides is 2. The Kier molecular flexibility index (Phi) is 5.07. The molecular formula is C14H17N5O3. The van der Waals surface area contributed by atoms with Crippen LogP contribution in [0.5, 0.6) is 0 Å². The Labute approximate surface area is 126 Å². The molecule has 0 aromatic carbocycles. The molecule has 2 aromatic rings. The monoisotopic (exact) mass is 303 g/mol. The van der Waals surface area contributed by atoms with Gasteiger partial charge in [-0.1, -0.05) is 13.3 Å². The van der Waals surface area contributed by atoms with Crippen molar-refractivity contribution in [2.75, 3.05) is 0 Å². The summed E-state index contributed by atoms with van der Waals surface area (Å²) < 4.78 is 1.24. The summed E-state index contributed by atoms with van der Waals surface area (Å²) in [5, 5.41) is 3.98. The number of carbonyl (C=O) groups is 2. The van der Waals surface area contributed by atoms with Gasteiger partial charge in [-0.3, -0.25) is 25.2 Å². The van der Waals surface area contributed by atoms with Gasteiger partial charge in [-0.2, -0.15) is 5.10 Å². The Morgan fingerprint density at radius 3 is 2.68 bits per heavy atom. The van der Waals surface area contributed by atoms with Crippen LogP contribution < -0.4 is 16.4 Å². The number of H-pyrrole nitrogens is 1. The van der Waals surface area contributed by atoms with Crippen molar-refractivity contribution in [1.82, 2.24) is 25.6 Å². The summed E-state index contributed by atoms with van der Waals surface area (Å²) in [7, 11) is 0. The Morgan fingerprint density at radius 1 is 1.23 bits per heavy atom. The SMILES string of the molecule is CCCCn1nc(C(=O)NNC(=O)c2ccc[nH]2)ccc1=O. The molecule has 8 nitrogen and oxygen atoms in total. The number of hydrogen-bond donors (Lipinski definition) is 3. The van der Waals surface area contributed by atoms with E-state index in [9.17, 15) is 14.4 Å². The van der Waals surface area contributed by atoms with E-state index < -0.39 is 11.8 Å². The minimum absolute atomic E-state index is 0.0579. The third-order valence-electron chi connectivity index (χ3n) is 2.95. The van der Waals surface area contributed by atoms with E-state index in [1.807, 2.05) is 6.92 Å². The molecule has 116 valence electrons. The molecule has 2 amide bonds. The number of nitrogens with one attached hydrogen (secondary N) is 3. The van der Waals surface area contributed by atoms with Crippen LogP contribution in [-0.2, 0) is 6.54 Å². The maximum Gasteiger partial charge on any atom is 0.290 e. The fourth-order valence-corrected chi connectivity index (χ4v) is 1.75. The summed E-state index contributed by atoms with van der Waals surface area (Å²) in [5.41, 5.74) is 4.63. The Bertz CT molecular complexity index is 706. The molecule has 0 saturated heterocycles. The largest absolute Gasteiger partial charge is 0.357 e. The lowest BCUT2D eigenvalue weighted by Crippen LogP contribution is -2.42. The van der Waals surface area contributed by atoms with Crippen LogP contribution in [0.1, 0.15) is 40.7 Å². The highest BCUT2D eigenvalue weighted by Gasteiger charge is 2.12. The van der Waals surface area contributed by atoms with Crippen LogP contribution in [0.15, 0.2) is 35.3 Å². The minimum atomic E-state index is -0.592. The van der Waals surface area contributed by atoms with Crippen LogP contribution in [-0.4, -0.2) is 26.6 Å². The zero-order valence-corrected chi connectivity index (χ0v) is 12.1. The van der Waals surface area contributed by atoms with E-state index in [0.29, 0.717) is 12.2 Å². The topological polar surface area (TPSA) is 109 Å². The molecule has 0 aliphatic rings. The van der Waals surface area contributed by atoms with Gasteiger partial charge in [-0.05, 0) is 24.6 Å². The Morgan fingerprint density at radius 2 is 2.00 bits per heavy atom. The number of nitrogens with zero attached hydrogens (tertiary/aromatic N) is 2. The summed E-state index contributed by atoms with van der Waals surface area (Å²) >= 11 is 0. The van der Waals surface area contributed by atoms with Crippen molar-refractivity contribution >= 4 is 11.8 Å². The molecule has 0 radical (unpaired) electrons. The smallest absolute Gasteiger partial charge is 0.290 e. The van der Waals surface area contributed by atoms with Crippen LogP contribution >= 0.6 is 0 Å². The first-order chi connectivity index (χ1) is 10.6. The van der Waals surface area contributed by atoms with Crippen LogP contribution in [0.25, 0.3) is 0 Å². The maximum atomic E-state index is 11.9. The predicted octanol–water partition coefficient (Wildman–Crippen LogP) is 0.446. The quantitative estimate of drug-likeness (QED) is 0.696. The minimum Gasteiger partial charge on any atom is -0.357 e. The first kappa shape index (κ1) is 15.5. The van der Waals surface area contributed by atoms with Crippen LogP contribution in [0, 0.1) is 0 Å². The van der Waals surface area contributed by atoms with Gasteiger partial charge in [0, 0.05) is 18.8 Å². The summed E-state index contributed by atoms with van der Waals surface area (Å²) in [6, 6.07) is 5.85. The van der Waals surface area contributed by atoms with Gasteiger partial charge in [-0.25, -0.2) is 4.68 Å². The first-order valence-electron chi connectivity index (χ1n) is 6.94. The van der Waals surface area contributed by atoms with Gasteiger partial charge in [0.05, 0.1) is 0 Å². The lowest BCUT2D eigenvalue weighted by atomic mass is 10.3. The molecule has 8 heteroatoms. The Balaban J connectivity index is 2.00. The van der Waals surface area contributed by atoms with Crippen molar-refractivity contribution in [3.8, 4) is 0 Å². The summed E-state index contributed by atoms with van der Waals surface area (Å²) in [6.07, 6.45) is 3.31. The third-order valence-corrected chi connectivity index (χ3v) is 2.95. The second kappa shape index (κ2) is 7.21. The zero-order valence-electron chi connectivity index (χ0n) is 12.1. The van der Waals surface area contributed by atoms with E-state index in [0.717, 1.165) is 12.8 Å². The van der Waals surface area contributed by atoms with E-state index >= 15 is 0 Å². The van der Waals surface area contributed by atoms with Crippen molar-refractivity contribution in [3.05, 3.63) is 52.2 Å². The van der Waals surface area contributed by atoms with E-state index in [2.05, 4.69) is 20.9 Å². The zero-order chi connectivity index (χ0) is 15.9. The lowest BCUT2D eigenvalue weighted by Gasteiger charge is -2.08. The molecule has 22 heavy (non-hydrogen) atoms. The van der Waals surface area contributed by atoms with Gasteiger partial charge in [0.25, 0.3) is 17.4 Å². The van der Waals surface area contributed by atoms with Crippen molar-refractivity contribution < 1.29 is 9.59 Å². The van der Waals surface area contributed by atoms with Gasteiger partial charge in [-0.15, -0.1) is 0 Å². The lowest BCUT2D eigenvalue weighted by molar-refractivity contribution is 0.0840. The number of rotatable bonds is 5. The highest BCUT2D eigenvalue weighted by Crippen LogP contribution is 1.95. The molecule has 0 saturated carbocycles. The second-order valence-corrected chi connectivity index (χ2v) is 4.63. The number of aromatic nitrogens is 3. The van der Waals surface area contributed by atoms with Crippen molar-refractivity contribution in [1.29, 1.82) is 0 Å². The highest BCUT2D eigenvalue weighted by atomic mass is 16.2. The fourth-order valence-electron chi connectivity index (χ4n) is 1.75. The van der Waals surface area contributed by atoms with Crippen LogP contribution in [0.4, 0.5) is 0 Å². The third kappa shape index (κ3) is 3.81. The van der Waals surface area contributed by atoms with E-state index in [1.165, 1.54) is 16.8 Å². The molecular weight excluding hydrogens is 286 g/mol. The molecule has 0 bridgehead atoms. The average molecular weight is 303 g/mol. The second-order valence-electron chi connectivity index (χ2n) is 4.63. The summed E-state index contributed by atoms with van der Waals surface area (Å²) in [6.45, 7) is 2.45. The van der Waals surface area contributed by atoms with Crippen molar-refractivity contribution in [3.63, 3.8) is 0 Å². The average Bonchev–Trinajstić information content (AvgIpc) is 3.06. The molecule has 2 aromatic heterocycles. The number of hydrogen-bond acceptors (Lipinski definition) is 4. The number of aryl methyl sites for hydroxylation is 1. The fraction of sp³-hybridized carbons (Fsp3) is 0.286. The molecule has 2 rings (SSSR count). The van der Waals surface area contributed by atoms with Crippen molar-refractivity contribution in [2.45, 2.75) is 26.3 Å². The molecule has 0 spiro atoms.